The molecule has 0 spiro atoms. The number of carbonyl (C=O) groups excluding carboxylic acids is 2. The van der Waals surface area contributed by atoms with Crippen LogP contribution in [0.2, 0.25) is 0 Å². The Kier molecular flexibility index (Phi) is 47.2. The fraction of sp³-hybridized carbons (Fsp3) is 0.724. The average Bonchev–Trinajstić information content (AvgIpc) is 3.30. The highest BCUT2D eigenvalue weighted by molar-refractivity contribution is 7.45. The van der Waals surface area contributed by atoms with Crippen molar-refractivity contribution >= 4 is 19.8 Å². The summed E-state index contributed by atoms with van der Waals surface area (Å²) >= 11 is 0. The summed E-state index contributed by atoms with van der Waals surface area (Å²) in [5, 5.41) is 0. The first-order valence-electron chi connectivity index (χ1n) is 27.3. The molecule has 0 aromatic heterocycles. The Morgan fingerprint density at radius 3 is 1.18 bits per heavy atom. The summed E-state index contributed by atoms with van der Waals surface area (Å²) < 4.78 is 34.1. The van der Waals surface area contributed by atoms with Gasteiger partial charge < -0.3 is 27.9 Å². The number of carbonyl (C=O) groups is 2. The van der Waals surface area contributed by atoms with Crippen molar-refractivity contribution in [1.29, 1.82) is 0 Å². The zero-order valence-corrected chi connectivity index (χ0v) is 45.2. The number of phosphoric acid groups is 1. The summed E-state index contributed by atoms with van der Waals surface area (Å²) in [4.78, 5) is 37.8. The number of hydrogen-bond donors (Lipinski definition) is 0. The largest absolute Gasteiger partial charge is 0.756 e. The van der Waals surface area contributed by atoms with E-state index in [1.54, 1.807) is 0 Å². The van der Waals surface area contributed by atoms with E-state index in [-0.39, 0.29) is 26.1 Å². The number of likely N-dealkylation sites (N-methyl/N-ethyl adjacent to an activating group) is 1. The van der Waals surface area contributed by atoms with E-state index in [0.29, 0.717) is 17.4 Å². The van der Waals surface area contributed by atoms with E-state index in [0.717, 1.165) is 96.3 Å². The van der Waals surface area contributed by atoms with Gasteiger partial charge in [0.1, 0.15) is 19.8 Å². The Hall–Kier alpha value is -2.81. The molecule has 2 unspecified atom stereocenters. The lowest BCUT2D eigenvalue weighted by molar-refractivity contribution is -0.870. The van der Waals surface area contributed by atoms with Gasteiger partial charge in [-0.2, -0.15) is 0 Å². The topological polar surface area (TPSA) is 111 Å². The summed E-state index contributed by atoms with van der Waals surface area (Å²) in [6.45, 7) is 4.00. The number of nitrogens with zero attached hydrogens (tertiary/aromatic N) is 1. The van der Waals surface area contributed by atoms with Crippen LogP contribution in [0.25, 0.3) is 0 Å². The number of esters is 2. The molecule has 68 heavy (non-hydrogen) atoms. The van der Waals surface area contributed by atoms with Gasteiger partial charge >= 0.3 is 11.9 Å². The van der Waals surface area contributed by atoms with Gasteiger partial charge in [-0.1, -0.05) is 208 Å². The quantitative estimate of drug-likeness (QED) is 0.0195. The Balaban J connectivity index is 4.18. The van der Waals surface area contributed by atoms with Gasteiger partial charge in [-0.05, 0) is 83.5 Å². The highest BCUT2D eigenvalue weighted by Crippen LogP contribution is 2.38. The maximum absolute atomic E-state index is 12.8. The van der Waals surface area contributed by atoms with Crippen molar-refractivity contribution in [3.8, 4) is 0 Å². The van der Waals surface area contributed by atoms with Crippen molar-refractivity contribution in [1.82, 2.24) is 0 Å². The molecule has 0 N–H and O–H groups in total. The second-order valence-corrected chi connectivity index (χ2v) is 20.6. The van der Waals surface area contributed by atoms with Crippen LogP contribution in [0, 0.1) is 0 Å². The maximum atomic E-state index is 12.8. The van der Waals surface area contributed by atoms with Gasteiger partial charge in [0.15, 0.2) is 6.10 Å². The van der Waals surface area contributed by atoms with Gasteiger partial charge in [0.05, 0.1) is 27.7 Å². The molecule has 9 nitrogen and oxygen atoms in total. The first-order chi connectivity index (χ1) is 33.0. The predicted octanol–water partition coefficient (Wildman–Crippen LogP) is 16.1. The van der Waals surface area contributed by atoms with Crippen molar-refractivity contribution in [2.75, 3.05) is 47.5 Å². The first kappa shape index (κ1) is 65.2. The minimum absolute atomic E-state index is 0.0359. The Morgan fingerprint density at radius 1 is 0.456 bits per heavy atom. The monoisotopic (exact) mass is 972 g/mol. The molecule has 0 rings (SSSR count). The fourth-order valence-electron chi connectivity index (χ4n) is 7.25. The van der Waals surface area contributed by atoms with Crippen LogP contribution < -0.4 is 4.89 Å². The van der Waals surface area contributed by atoms with Gasteiger partial charge in [0.2, 0.25) is 0 Å². The van der Waals surface area contributed by atoms with Crippen molar-refractivity contribution in [2.24, 2.45) is 0 Å². The minimum atomic E-state index is -4.64. The molecule has 0 heterocycles. The molecule has 0 bridgehead atoms. The zero-order chi connectivity index (χ0) is 49.9. The second-order valence-electron chi connectivity index (χ2n) is 19.2. The van der Waals surface area contributed by atoms with Crippen molar-refractivity contribution in [2.45, 2.75) is 225 Å². The fourth-order valence-corrected chi connectivity index (χ4v) is 7.98. The van der Waals surface area contributed by atoms with Crippen molar-refractivity contribution in [3.05, 3.63) is 85.1 Å². The van der Waals surface area contributed by atoms with Crippen LogP contribution in [0.5, 0.6) is 0 Å². The summed E-state index contributed by atoms with van der Waals surface area (Å²) in [5.74, 6) is -0.846. The summed E-state index contributed by atoms with van der Waals surface area (Å²) in [6.07, 6.45) is 64.8. The Labute approximate surface area is 418 Å². The van der Waals surface area contributed by atoms with E-state index in [1.807, 2.05) is 21.1 Å². The number of hydrogen-bond acceptors (Lipinski definition) is 8. The van der Waals surface area contributed by atoms with E-state index in [2.05, 4.69) is 98.9 Å². The molecule has 0 amide bonds. The van der Waals surface area contributed by atoms with E-state index >= 15 is 0 Å². The molecule has 0 aromatic carbocycles. The van der Waals surface area contributed by atoms with Crippen LogP contribution in [0.15, 0.2) is 85.1 Å². The molecule has 0 aromatic rings. The molecule has 10 heteroatoms. The van der Waals surface area contributed by atoms with Crippen LogP contribution in [-0.2, 0) is 32.7 Å². The Bertz CT molecular complexity index is 1420. The summed E-state index contributed by atoms with van der Waals surface area (Å²) in [7, 11) is 1.15. The number of quaternary nitrogens is 1. The molecule has 0 saturated carbocycles. The van der Waals surface area contributed by atoms with Crippen molar-refractivity contribution < 1.29 is 42.1 Å². The van der Waals surface area contributed by atoms with Gasteiger partial charge in [0, 0.05) is 12.8 Å². The van der Waals surface area contributed by atoms with Crippen LogP contribution in [0.3, 0.4) is 0 Å². The SMILES string of the molecule is CC/C=C\C/C=C\C/C=C\C/C=C\CCCCCCCCCCCCCCCCC(=O)OC(COC(=O)CCCCCCCCC/C=C\C/C=C\C/C=C\CC)COP(=O)([O-])OCC[N+](C)(C)C. The lowest BCUT2D eigenvalue weighted by Crippen LogP contribution is -2.37. The first-order valence-corrected chi connectivity index (χ1v) is 28.8. The molecule has 0 aliphatic heterocycles. The van der Waals surface area contributed by atoms with E-state index in [1.165, 1.54) is 89.9 Å². The third kappa shape index (κ3) is 52.6. The van der Waals surface area contributed by atoms with Gasteiger partial charge in [0.25, 0.3) is 7.82 Å². The molecular weight excluding hydrogens is 870 g/mol. The average molecular weight is 972 g/mol. The highest BCUT2D eigenvalue weighted by atomic mass is 31.2. The number of allylic oxidation sites excluding steroid dienone is 14. The van der Waals surface area contributed by atoms with E-state index < -0.39 is 32.5 Å². The standard InChI is InChI=1S/C58H102NO8P/c1-6-8-10-12-14-16-18-20-22-24-25-26-27-28-29-30-31-32-33-35-37-39-41-43-45-47-49-51-58(61)67-56(55-66-68(62,63)65-53-52-59(3,4)5)54-64-57(60)50-48-46-44-42-40-38-36-34-23-21-19-17-15-13-11-9-7-2/h8-11,14-17,20-23,25-26,56H,6-7,12-13,18-19,24,27-55H2,1-5H3/b10-8-,11-9-,16-14-,17-15-,22-20-,23-21-,26-25-. The highest BCUT2D eigenvalue weighted by Gasteiger charge is 2.21. The molecule has 0 aliphatic carbocycles. The Morgan fingerprint density at radius 2 is 0.794 bits per heavy atom. The van der Waals surface area contributed by atoms with Crippen LogP contribution >= 0.6 is 7.82 Å². The van der Waals surface area contributed by atoms with Gasteiger partial charge in [-0.25, -0.2) is 0 Å². The van der Waals surface area contributed by atoms with Gasteiger partial charge in [-0.3, -0.25) is 14.2 Å². The van der Waals surface area contributed by atoms with Crippen LogP contribution in [-0.4, -0.2) is 70.0 Å². The molecular formula is C58H102NO8P. The lowest BCUT2D eigenvalue weighted by atomic mass is 10.0. The molecule has 2 atom stereocenters. The molecule has 0 aliphatic rings. The second kappa shape index (κ2) is 49.2. The third-order valence-electron chi connectivity index (χ3n) is 11.4. The number of ether oxygens (including phenoxy) is 2. The summed E-state index contributed by atoms with van der Waals surface area (Å²) in [5.41, 5.74) is 0. The number of rotatable bonds is 49. The van der Waals surface area contributed by atoms with E-state index in [4.69, 9.17) is 18.5 Å². The summed E-state index contributed by atoms with van der Waals surface area (Å²) in [6, 6.07) is 0. The molecule has 0 fully saturated rings. The maximum Gasteiger partial charge on any atom is 0.306 e. The van der Waals surface area contributed by atoms with Crippen molar-refractivity contribution in [3.63, 3.8) is 0 Å². The minimum Gasteiger partial charge on any atom is -0.756 e. The van der Waals surface area contributed by atoms with Crippen LogP contribution in [0.1, 0.15) is 219 Å². The normalized spacial score (nSPS) is 14.0. The lowest BCUT2D eigenvalue weighted by Gasteiger charge is -2.28. The molecule has 0 radical (unpaired) electrons. The van der Waals surface area contributed by atoms with E-state index in [9.17, 15) is 19.0 Å². The smallest absolute Gasteiger partial charge is 0.306 e. The number of unbranched alkanes of at least 4 members (excludes halogenated alkanes) is 21. The predicted molar refractivity (Wildman–Crippen MR) is 286 cm³/mol. The molecule has 0 saturated heterocycles. The van der Waals surface area contributed by atoms with Gasteiger partial charge in [-0.15, -0.1) is 0 Å². The molecule has 392 valence electrons. The third-order valence-corrected chi connectivity index (χ3v) is 12.4. The van der Waals surface area contributed by atoms with Crippen LogP contribution in [0.4, 0.5) is 0 Å². The number of phosphoric ester groups is 1. The zero-order valence-electron chi connectivity index (χ0n) is 44.3.